The second-order valence-electron chi connectivity index (χ2n) is 3.60. The van der Waals surface area contributed by atoms with Gasteiger partial charge in [-0.25, -0.2) is 0 Å². The molecule has 0 saturated carbocycles. The highest BCUT2D eigenvalue weighted by Crippen LogP contribution is 2.18. The van der Waals surface area contributed by atoms with E-state index in [1.807, 2.05) is 19.1 Å². The van der Waals surface area contributed by atoms with Crippen LogP contribution >= 0.6 is 11.6 Å². The van der Waals surface area contributed by atoms with Gasteiger partial charge in [0.05, 0.1) is 18.7 Å². The minimum atomic E-state index is -0.340. The summed E-state index contributed by atoms with van der Waals surface area (Å²) in [6.45, 7) is 2.34. The van der Waals surface area contributed by atoms with Crippen LogP contribution in [0.1, 0.15) is 25.3 Å². The van der Waals surface area contributed by atoms with Crippen molar-refractivity contribution in [2.24, 2.45) is 5.16 Å². The number of rotatable bonds is 6. The molecule has 1 aromatic rings. The van der Waals surface area contributed by atoms with Crippen LogP contribution in [0.25, 0.3) is 0 Å². The van der Waals surface area contributed by atoms with Crippen molar-refractivity contribution in [1.82, 2.24) is 0 Å². The Labute approximate surface area is 112 Å². The summed E-state index contributed by atoms with van der Waals surface area (Å²) in [5.41, 5.74) is 1.14. The van der Waals surface area contributed by atoms with E-state index in [0.29, 0.717) is 22.9 Å². The molecule has 0 N–H and O–H groups in total. The molecule has 1 aromatic carbocycles. The lowest BCUT2D eigenvalue weighted by Crippen LogP contribution is -2.13. The number of carbonyl (C=O) groups excluding carboxylic acids is 1. The first-order chi connectivity index (χ1) is 8.69. The molecule has 0 aliphatic carbocycles. The van der Waals surface area contributed by atoms with Gasteiger partial charge in [0.15, 0.2) is 0 Å². The van der Waals surface area contributed by atoms with Gasteiger partial charge in [-0.3, -0.25) is 4.79 Å². The number of oxime groups is 1. The number of hydrogen-bond acceptors (Lipinski definition) is 4. The molecule has 1 rings (SSSR count). The van der Waals surface area contributed by atoms with Crippen molar-refractivity contribution in [3.8, 4) is 0 Å². The van der Waals surface area contributed by atoms with Gasteiger partial charge in [-0.15, -0.1) is 0 Å². The first-order valence-electron chi connectivity index (χ1n) is 5.69. The summed E-state index contributed by atoms with van der Waals surface area (Å²) in [6, 6.07) is 7.15. The molecule has 0 radical (unpaired) electrons. The minimum absolute atomic E-state index is 0.0393. The van der Waals surface area contributed by atoms with Gasteiger partial charge in [0.1, 0.15) is 7.11 Å². The van der Waals surface area contributed by atoms with Crippen LogP contribution in [0, 0.1) is 0 Å². The van der Waals surface area contributed by atoms with Gasteiger partial charge in [0.2, 0.25) is 0 Å². The number of benzene rings is 1. The first-order valence-corrected chi connectivity index (χ1v) is 6.07. The lowest BCUT2D eigenvalue weighted by atomic mass is 10.1. The highest BCUT2D eigenvalue weighted by atomic mass is 35.5. The fourth-order valence-electron chi connectivity index (χ4n) is 1.39. The van der Waals surface area contributed by atoms with Crippen LogP contribution in [0.15, 0.2) is 29.4 Å². The third-order valence-electron chi connectivity index (χ3n) is 2.17. The second kappa shape index (κ2) is 7.71. The molecular formula is C13H16ClNO3. The Balaban J connectivity index is 2.82. The summed E-state index contributed by atoms with van der Waals surface area (Å²) in [6.07, 6.45) is 0.826. The molecule has 0 aliphatic rings. The largest absolute Gasteiger partial charge is 0.465 e. The number of carbonyl (C=O) groups is 1. The molecule has 0 unspecified atom stereocenters. The van der Waals surface area contributed by atoms with Gasteiger partial charge in [0, 0.05) is 10.6 Å². The van der Waals surface area contributed by atoms with Crippen molar-refractivity contribution < 1.29 is 14.4 Å². The van der Waals surface area contributed by atoms with Crippen molar-refractivity contribution >= 4 is 23.3 Å². The van der Waals surface area contributed by atoms with Crippen LogP contribution in [-0.2, 0) is 14.4 Å². The fourth-order valence-corrected chi connectivity index (χ4v) is 1.63. The highest BCUT2D eigenvalue weighted by molar-refractivity contribution is 6.34. The van der Waals surface area contributed by atoms with Crippen LogP contribution in [0.4, 0.5) is 0 Å². The van der Waals surface area contributed by atoms with Crippen molar-refractivity contribution in [3.63, 3.8) is 0 Å². The maximum Gasteiger partial charge on any atom is 0.312 e. The predicted molar refractivity (Wildman–Crippen MR) is 70.9 cm³/mol. The SMILES string of the molecule is CCCOC(=O)CC(=NOC)c1ccccc1Cl. The van der Waals surface area contributed by atoms with E-state index in [1.165, 1.54) is 7.11 Å². The number of ether oxygens (including phenoxy) is 1. The summed E-state index contributed by atoms with van der Waals surface area (Å²) in [4.78, 5) is 16.3. The molecule has 4 nitrogen and oxygen atoms in total. The third kappa shape index (κ3) is 4.37. The standard InChI is InChI=1S/C13H16ClNO3/c1-3-8-18-13(16)9-12(15-17-2)10-6-4-5-7-11(10)14/h4-7H,3,8-9H2,1-2H3. The average Bonchev–Trinajstić information content (AvgIpc) is 2.36. The Kier molecular flexibility index (Phi) is 6.22. The van der Waals surface area contributed by atoms with Crippen LogP contribution in [-0.4, -0.2) is 25.4 Å². The molecule has 5 heteroatoms. The molecule has 98 valence electrons. The molecule has 0 aromatic heterocycles. The average molecular weight is 270 g/mol. The molecular weight excluding hydrogens is 254 g/mol. The van der Waals surface area contributed by atoms with Crippen molar-refractivity contribution in [3.05, 3.63) is 34.9 Å². The van der Waals surface area contributed by atoms with E-state index in [1.54, 1.807) is 12.1 Å². The lowest BCUT2D eigenvalue weighted by Gasteiger charge is -2.07. The van der Waals surface area contributed by atoms with Crippen molar-refractivity contribution in [2.75, 3.05) is 13.7 Å². The monoisotopic (exact) mass is 269 g/mol. The quantitative estimate of drug-likeness (QED) is 0.453. The summed E-state index contributed by atoms with van der Waals surface area (Å²) < 4.78 is 5.01. The molecule has 0 aliphatic heterocycles. The smallest absolute Gasteiger partial charge is 0.312 e. The van der Waals surface area contributed by atoms with E-state index in [-0.39, 0.29) is 12.4 Å². The zero-order valence-corrected chi connectivity index (χ0v) is 11.2. The molecule has 0 spiro atoms. The van der Waals surface area contributed by atoms with Crippen LogP contribution in [0.3, 0.4) is 0 Å². The normalized spacial score (nSPS) is 11.2. The number of hydrogen-bond donors (Lipinski definition) is 0. The first kappa shape index (κ1) is 14.5. The zero-order valence-electron chi connectivity index (χ0n) is 10.5. The van der Waals surface area contributed by atoms with Gasteiger partial charge in [-0.1, -0.05) is 41.9 Å². The Bertz CT molecular complexity index is 432. The maximum atomic E-state index is 11.6. The molecule has 0 heterocycles. The Hall–Kier alpha value is -1.55. The van der Waals surface area contributed by atoms with Gasteiger partial charge in [0.25, 0.3) is 0 Å². The van der Waals surface area contributed by atoms with E-state index < -0.39 is 0 Å². The summed E-state index contributed by atoms with van der Waals surface area (Å²) in [5, 5.41) is 4.36. The highest BCUT2D eigenvalue weighted by Gasteiger charge is 2.14. The van der Waals surface area contributed by atoms with E-state index in [0.717, 1.165) is 6.42 Å². The van der Waals surface area contributed by atoms with E-state index in [9.17, 15) is 4.79 Å². The van der Waals surface area contributed by atoms with Crippen LogP contribution < -0.4 is 0 Å². The molecule has 0 bridgehead atoms. The van der Waals surface area contributed by atoms with Gasteiger partial charge < -0.3 is 9.57 Å². The summed E-state index contributed by atoms with van der Waals surface area (Å²) >= 11 is 6.05. The Morgan fingerprint density at radius 1 is 1.39 bits per heavy atom. The van der Waals surface area contributed by atoms with Gasteiger partial charge >= 0.3 is 5.97 Å². The van der Waals surface area contributed by atoms with Crippen LogP contribution in [0.5, 0.6) is 0 Å². The lowest BCUT2D eigenvalue weighted by molar-refractivity contribution is -0.142. The predicted octanol–water partition coefficient (Wildman–Crippen LogP) is 3.03. The molecule has 0 atom stereocenters. The number of nitrogens with zero attached hydrogens (tertiary/aromatic N) is 1. The Morgan fingerprint density at radius 3 is 2.72 bits per heavy atom. The van der Waals surface area contributed by atoms with E-state index in [2.05, 4.69) is 5.16 Å². The van der Waals surface area contributed by atoms with Gasteiger partial charge in [-0.2, -0.15) is 0 Å². The third-order valence-corrected chi connectivity index (χ3v) is 2.49. The van der Waals surface area contributed by atoms with Crippen molar-refractivity contribution in [1.29, 1.82) is 0 Å². The van der Waals surface area contributed by atoms with E-state index >= 15 is 0 Å². The Morgan fingerprint density at radius 2 is 2.11 bits per heavy atom. The number of halogens is 1. The maximum absolute atomic E-state index is 11.6. The number of esters is 1. The van der Waals surface area contributed by atoms with E-state index in [4.69, 9.17) is 21.2 Å². The van der Waals surface area contributed by atoms with Gasteiger partial charge in [-0.05, 0) is 12.5 Å². The fraction of sp³-hybridized carbons (Fsp3) is 0.385. The molecule has 0 saturated heterocycles. The summed E-state index contributed by atoms with van der Waals surface area (Å²) in [5.74, 6) is -0.340. The molecule has 18 heavy (non-hydrogen) atoms. The molecule has 0 amide bonds. The minimum Gasteiger partial charge on any atom is -0.465 e. The second-order valence-corrected chi connectivity index (χ2v) is 4.00. The zero-order chi connectivity index (χ0) is 13.4. The van der Waals surface area contributed by atoms with Crippen LogP contribution in [0.2, 0.25) is 5.02 Å². The van der Waals surface area contributed by atoms with Crippen molar-refractivity contribution in [2.45, 2.75) is 19.8 Å². The summed E-state index contributed by atoms with van der Waals surface area (Å²) in [7, 11) is 1.42. The molecule has 0 fully saturated rings. The topological polar surface area (TPSA) is 47.9 Å².